The molecule has 10 atom stereocenters. The first-order valence-corrected chi connectivity index (χ1v) is 14.9. The molecular formula is C28H40N12O6. The van der Waals surface area contributed by atoms with E-state index in [1.165, 1.54) is 19.0 Å². The topological polar surface area (TPSA) is 269 Å². The van der Waals surface area contributed by atoms with Crippen molar-refractivity contribution in [1.29, 1.82) is 0 Å². The highest BCUT2D eigenvalue weighted by molar-refractivity contribution is 5.81. The van der Waals surface area contributed by atoms with Gasteiger partial charge in [-0.1, -0.05) is 7.43 Å². The number of nitrogen functional groups attached to an aromatic ring is 2. The monoisotopic (exact) mass is 640 g/mol. The zero-order chi connectivity index (χ0) is 31.5. The molecule has 46 heavy (non-hydrogen) atoms. The number of hydrogen-bond donors (Lipinski definition) is 6. The summed E-state index contributed by atoms with van der Waals surface area (Å²) in [4.78, 5) is 24.8. The van der Waals surface area contributed by atoms with Gasteiger partial charge in [0.2, 0.25) is 0 Å². The molecule has 0 radical (unpaired) electrons. The summed E-state index contributed by atoms with van der Waals surface area (Å²) in [6.45, 7) is 4.82. The predicted octanol–water partition coefficient (Wildman–Crippen LogP) is -0.813. The van der Waals surface area contributed by atoms with Gasteiger partial charge in [0, 0.05) is 11.8 Å². The zero-order valence-corrected chi connectivity index (χ0v) is 24.7. The standard InChI is InChI=1S/C15H20N6O3.C12H16N6O3.CH4/c1-14(2)22-9-10(23-14)15(3-7(15)4-16)24-13(9)21-6-20-8-11(17)18-5-19-12(8)21;13-2-5-1-12(5)8(20)7(19)11(21-12)18-4-17-6-9(14)15-3-16-10(6)18;/h5-7,9-10,13H,3-4,16H2,1-2H3,(H2,17,18,19);3-5,7-8,11,19-20H,1-2,13H2,(H2,14,15,16);1H4/t7-,9?,10-,13-,15+;5-,7?,8-,11-,12+;/m11./s1. The van der Waals surface area contributed by atoms with Crippen molar-refractivity contribution in [3.63, 3.8) is 0 Å². The van der Waals surface area contributed by atoms with E-state index >= 15 is 0 Å². The maximum absolute atomic E-state index is 10.3. The Morgan fingerprint density at radius 1 is 0.761 bits per heavy atom. The van der Waals surface area contributed by atoms with Gasteiger partial charge in [0.05, 0.1) is 12.7 Å². The SMILES string of the molecule is C.CC1(C)OC2[C@H](n3cnc4c(N)ncnc43)O[C@]3(C[C@@H]3CN)[C@@H]2O1.NC[C@H]1C[C@]12O[C@@H](n1cnc3c(N)ncnc31)C(O)[C@H]2O. The average molecular weight is 641 g/mol. The van der Waals surface area contributed by atoms with Gasteiger partial charge in [-0.25, -0.2) is 29.9 Å². The van der Waals surface area contributed by atoms with Gasteiger partial charge < -0.3 is 52.1 Å². The van der Waals surface area contributed by atoms with Crippen LogP contribution in [-0.2, 0) is 18.9 Å². The van der Waals surface area contributed by atoms with E-state index in [9.17, 15) is 10.2 Å². The van der Waals surface area contributed by atoms with Crippen molar-refractivity contribution < 1.29 is 29.2 Å². The molecule has 9 rings (SSSR count). The molecule has 248 valence electrons. The van der Waals surface area contributed by atoms with Crippen molar-refractivity contribution in [3.05, 3.63) is 25.3 Å². The summed E-state index contributed by atoms with van der Waals surface area (Å²) in [6, 6.07) is 0. The van der Waals surface area contributed by atoms with Gasteiger partial charge >= 0.3 is 0 Å². The number of anilines is 2. The molecule has 5 aliphatic rings. The Bertz CT molecular complexity index is 1780. The van der Waals surface area contributed by atoms with Gasteiger partial charge in [-0.2, -0.15) is 0 Å². The van der Waals surface area contributed by atoms with Gasteiger partial charge in [-0.3, -0.25) is 9.13 Å². The second-order valence-electron chi connectivity index (χ2n) is 12.8. The third-order valence-electron chi connectivity index (χ3n) is 9.77. The fourth-order valence-corrected chi connectivity index (χ4v) is 7.31. The van der Waals surface area contributed by atoms with Crippen LogP contribution in [0, 0.1) is 11.8 Å². The molecule has 2 unspecified atom stereocenters. The Morgan fingerprint density at radius 3 is 1.83 bits per heavy atom. The smallest absolute Gasteiger partial charge is 0.167 e. The third kappa shape index (κ3) is 4.32. The summed E-state index contributed by atoms with van der Waals surface area (Å²) in [5, 5.41) is 20.6. The van der Waals surface area contributed by atoms with Crippen LogP contribution < -0.4 is 22.9 Å². The quantitative estimate of drug-likeness (QED) is 0.159. The average Bonchev–Trinajstić information content (AvgIpc) is 3.54. The van der Waals surface area contributed by atoms with Crippen LogP contribution in [-0.4, -0.2) is 104 Å². The maximum Gasteiger partial charge on any atom is 0.167 e. The van der Waals surface area contributed by atoms with Gasteiger partial charge in [0.1, 0.15) is 59.3 Å². The van der Waals surface area contributed by atoms with Gasteiger partial charge in [0.25, 0.3) is 0 Å². The molecule has 3 saturated heterocycles. The molecule has 4 aromatic rings. The molecule has 18 nitrogen and oxygen atoms in total. The fraction of sp³-hybridized carbons (Fsp3) is 0.643. The van der Waals surface area contributed by atoms with Crippen molar-refractivity contribution in [2.45, 2.75) is 88.0 Å². The molecule has 0 bridgehead atoms. The van der Waals surface area contributed by atoms with Gasteiger partial charge in [-0.15, -0.1) is 0 Å². The normalized spacial score (nSPS) is 38.2. The van der Waals surface area contributed by atoms with E-state index in [1.807, 2.05) is 18.4 Å². The zero-order valence-electron chi connectivity index (χ0n) is 24.7. The van der Waals surface area contributed by atoms with Crippen LogP contribution in [0.1, 0.15) is 46.6 Å². The predicted molar refractivity (Wildman–Crippen MR) is 162 cm³/mol. The Hall–Kier alpha value is -3.62. The summed E-state index contributed by atoms with van der Waals surface area (Å²) in [6.07, 6.45) is 3.82. The second kappa shape index (κ2) is 10.4. The van der Waals surface area contributed by atoms with Crippen LogP contribution in [0.15, 0.2) is 25.3 Å². The highest BCUT2D eigenvalue weighted by Crippen LogP contribution is 2.62. The van der Waals surface area contributed by atoms with Crippen LogP contribution in [0.25, 0.3) is 22.3 Å². The number of aliphatic hydroxyl groups is 2. The molecule has 18 heteroatoms. The molecule has 0 amide bonds. The number of imidazole rings is 2. The van der Waals surface area contributed by atoms with E-state index in [0.29, 0.717) is 47.7 Å². The van der Waals surface area contributed by atoms with Gasteiger partial charge in [0.15, 0.2) is 41.2 Å². The van der Waals surface area contributed by atoms with Crippen molar-refractivity contribution in [3.8, 4) is 0 Å². The second-order valence-corrected chi connectivity index (χ2v) is 12.8. The maximum atomic E-state index is 10.3. The Balaban J connectivity index is 0.000000145. The summed E-state index contributed by atoms with van der Waals surface area (Å²) in [5.41, 5.74) is 24.1. The fourth-order valence-electron chi connectivity index (χ4n) is 7.31. The van der Waals surface area contributed by atoms with E-state index in [1.54, 1.807) is 10.9 Å². The first-order valence-electron chi connectivity index (χ1n) is 14.9. The highest BCUT2D eigenvalue weighted by Gasteiger charge is 2.73. The molecule has 4 aromatic heterocycles. The van der Waals surface area contributed by atoms with E-state index in [4.69, 9.17) is 41.9 Å². The van der Waals surface area contributed by atoms with Crippen LogP contribution in [0.5, 0.6) is 0 Å². The van der Waals surface area contributed by atoms with Crippen molar-refractivity contribution in [1.82, 2.24) is 39.0 Å². The van der Waals surface area contributed by atoms with Crippen molar-refractivity contribution >= 4 is 34.0 Å². The van der Waals surface area contributed by atoms with Crippen LogP contribution in [0.4, 0.5) is 11.6 Å². The number of aromatic nitrogens is 8. The minimum Gasteiger partial charge on any atom is -0.387 e. The third-order valence-corrected chi connectivity index (χ3v) is 9.77. The lowest BCUT2D eigenvalue weighted by Gasteiger charge is -2.25. The summed E-state index contributed by atoms with van der Waals surface area (Å²) >= 11 is 0. The van der Waals surface area contributed by atoms with Crippen molar-refractivity contribution in [2.24, 2.45) is 23.3 Å². The van der Waals surface area contributed by atoms with Crippen LogP contribution >= 0.6 is 0 Å². The van der Waals surface area contributed by atoms with E-state index in [-0.39, 0.29) is 49.1 Å². The largest absolute Gasteiger partial charge is 0.387 e. The first-order chi connectivity index (χ1) is 21.5. The van der Waals surface area contributed by atoms with Crippen molar-refractivity contribution in [2.75, 3.05) is 24.6 Å². The lowest BCUT2D eigenvalue weighted by atomic mass is 10.1. The Morgan fingerprint density at radius 2 is 1.28 bits per heavy atom. The minimum atomic E-state index is -1.07. The summed E-state index contributed by atoms with van der Waals surface area (Å²) < 4.78 is 28.1. The number of hydrogen-bond acceptors (Lipinski definition) is 16. The van der Waals surface area contributed by atoms with Crippen LogP contribution in [0.3, 0.4) is 0 Å². The molecule has 0 aromatic carbocycles. The number of rotatable bonds is 4. The summed E-state index contributed by atoms with van der Waals surface area (Å²) in [7, 11) is 0. The molecule has 7 heterocycles. The molecule has 2 spiro atoms. The number of nitrogens with zero attached hydrogens (tertiary/aromatic N) is 8. The Labute approximate surface area is 263 Å². The molecule has 5 fully saturated rings. The molecule has 3 aliphatic heterocycles. The lowest BCUT2D eigenvalue weighted by Crippen LogP contribution is -2.34. The van der Waals surface area contributed by atoms with E-state index in [0.717, 1.165) is 6.42 Å². The summed E-state index contributed by atoms with van der Waals surface area (Å²) in [5.74, 6) is 0.283. The molecule has 2 aliphatic carbocycles. The lowest BCUT2D eigenvalue weighted by molar-refractivity contribution is -0.203. The Kier molecular flexibility index (Phi) is 7.04. The van der Waals surface area contributed by atoms with Crippen LogP contribution in [0.2, 0.25) is 0 Å². The van der Waals surface area contributed by atoms with E-state index in [2.05, 4.69) is 29.9 Å². The molecular weight excluding hydrogens is 600 g/mol. The highest BCUT2D eigenvalue weighted by atomic mass is 16.8. The van der Waals surface area contributed by atoms with E-state index < -0.39 is 29.8 Å². The number of nitrogens with two attached hydrogens (primary N) is 4. The number of aliphatic hydroxyl groups excluding tert-OH is 2. The first kappa shape index (κ1) is 31.0. The number of ether oxygens (including phenoxy) is 4. The minimum absolute atomic E-state index is 0. The molecule has 2 saturated carbocycles. The van der Waals surface area contributed by atoms with Gasteiger partial charge in [-0.05, 0) is 39.8 Å². The number of fused-ring (bicyclic) bond motifs is 4. The molecule has 10 N–H and O–H groups in total.